The maximum atomic E-state index is 9.79. The van der Waals surface area contributed by atoms with E-state index < -0.39 is 0 Å². The third-order valence-electron chi connectivity index (χ3n) is 5.33. The molecule has 1 aliphatic carbocycles. The van der Waals surface area contributed by atoms with Gasteiger partial charge in [0.1, 0.15) is 0 Å². The molecule has 1 fully saturated rings. The fourth-order valence-corrected chi connectivity index (χ4v) is 3.99. The number of hydrogen-bond donors (Lipinski definition) is 1. The first kappa shape index (κ1) is 11.5. The highest BCUT2D eigenvalue weighted by atomic mass is 16.3. The zero-order valence-corrected chi connectivity index (χ0v) is 11.6. The molecule has 1 saturated carbocycles. The van der Waals surface area contributed by atoms with E-state index in [1.54, 1.807) is 0 Å². The topological polar surface area (TPSA) is 25.2 Å². The van der Waals surface area contributed by atoms with Gasteiger partial charge in [0.2, 0.25) is 0 Å². The molecule has 0 unspecified atom stereocenters. The Morgan fingerprint density at radius 1 is 1.21 bits per heavy atom. The minimum absolute atomic E-state index is 0.0676. The molecule has 2 nitrogen and oxygen atoms in total. The summed E-state index contributed by atoms with van der Waals surface area (Å²) in [6.45, 7) is 3.67. The number of aromatic nitrogens is 1. The number of hydrogen-bond acceptors (Lipinski definition) is 1. The fourth-order valence-electron chi connectivity index (χ4n) is 3.99. The first-order valence-electron chi connectivity index (χ1n) is 7.48. The molecular weight excluding hydrogens is 234 g/mol. The zero-order chi connectivity index (χ0) is 13.0. The van der Waals surface area contributed by atoms with E-state index in [1.807, 2.05) is 0 Å². The van der Waals surface area contributed by atoms with Gasteiger partial charge in [0.15, 0.2) is 0 Å². The van der Waals surface area contributed by atoms with Gasteiger partial charge in [-0.25, -0.2) is 0 Å². The van der Waals surface area contributed by atoms with Crippen LogP contribution in [0.4, 0.5) is 0 Å². The summed E-state index contributed by atoms with van der Waals surface area (Å²) >= 11 is 0. The highest BCUT2D eigenvalue weighted by Crippen LogP contribution is 2.45. The molecule has 1 N–H and O–H groups in total. The maximum absolute atomic E-state index is 9.79. The summed E-state index contributed by atoms with van der Waals surface area (Å²) in [5.74, 6) is 0. The molecule has 1 aliphatic heterocycles. The minimum atomic E-state index is 0.0676. The smallest absolute Gasteiger partial charge is 0.0527 e. The monoisotopic (exact) mass is 255 g/mol. The van der Waals surface area contributed by atoms with Crippen molar-refractivity contribution < 1.29 is 5.11 Å². The van der Waals surface area contributed by atoms with Crippen LogP contribution in [-0.4, -0.2) is 16.3 Å². The lowest BCUT2D eigenvalue weighted by Gasteiger charge is -2.41. The first-order chi connectivity index (χ1) is 9.23. The molecule has 2 aliphatic rings. The predicted octanol–water partition coefficient (Wildman–Crippen LogP) is 3.31. The second-order valence-electron chi connectivity index (χ2n) is 6.41. The Labute approximate surface area is 114 Å². The highest BCUT2D eigenvalue weighted by molar-refractivity contribution is 5.86. The average molecular weight is 255 g/mol. The van der Waals surface area contributed by atoms with Gasteiger partial charge in [-0.15, -0.1) is 0 Å². The summed E-state index contributed by atoms with van der Waals surface area (Å²) in [5.41, 5.74) is 5.76. The van der Waals surface area contributed by atoms with Gasteiger partial charge in [-0.3, -0.25) is 0 Å². The summed E-state index contributed by atoms with van der Waals surface area (Å²) in [5, 5.41) is 11.2. The predicted molar refractivity (Wildman–Crippen MR) is 77.6 cm³/mol. The Hall–Kier alpha value is -1.28. The minimum Gasteiger partial charge on any atom is -0.395 e. The van der Waals surface area contributed by atoms with E-state index in [4.69, 9.17) is 0 Å². The molecular formula is C17H21NO. The van der Waals surface area contributed by atoms with Crippen LogP contribution in [0.5, 0.6) is 0 Å². The summed E-state index contributed by atoms with van der Waals surface area (Å²) in [6, 6.07) is 7.03. The largest absolute Gasteiger partial charge is 0.395 e. The molecule has 0 atom stereocenters. The van der Waals surface area contributed by atoms with Gasteiger partial charge in [0.25, 0.3) is 0 Å². The van der Waals surface area contributed by atoms with E-state index in [1.165, 1.54) is 47.0 Å². The van der Waals surface area contributed by atoms with Gasteiger partial charge in [0, 0.05) is 23.0 Å². The Bertz CT molecular complexity index is 643. The Morgan fingerprint density at radius 2 is 2.05 bits per heavy atom. The van der Waals surface area contributed by atoms with Crippen molar-refractivity contribution in [2.24, 2.45) is 0 Å². The van der Waals surface area contributed by atoms with Gasteiger partial charge in [0.05, 0.1) is 12.1 Å². The van der Waals surface area contributed by atoms with Gasteiger partial charge in [-0.1, -0.05) is 12.5 Å². The first-order valence-corrected chi connectivity index (χ1v) is 7.48. The second kappa shape index (κ2) is 3.86. The van der Waals surface area contributed by atoms with E-state index in [-0.39, 0.29) is 5.41 Å². The molecule has 2 heteroatoms. The molecule has 1 aromatic heterocycles. The summed E-state index contributed by atoms with van der Waals surface area (Å²) in [6.07, 6.45) is 5.98. The third kappa shape index (κ3) is 1.47. The van der Waals surface area contributed by atoms with Gasteiger partial charge in [-0.2, -0.15) is 0 Å². The molecule has 2 aromatic rings. The third-order valence-corrected chi connectivity index (χ3v) is 5.33. The van der Waals surface area contributed by atoms with Crippen molar-refractivity contribution in [3.8, 4) is 0 Å². The average Bonchev–Trinajstić information content (AvgIpc) is 2.68. The SMILES string of the molecule is Cc1cc2cc(C3(CO)CCC3)cc3c2n1CCC3. The van der Waals surface area contributed by atoms with Crippen LogP contribution in [0, 0.1) is 6.92 Å². The van der Waals surface area contributed by atoms with Crippen molar-refractivity contribution in [2.45, 2.75) is 51.0 Å². The number of aliphatic hydroxyl groups is 1. The van der Waals surface area contributed by atoms with Crippen molar-refractivity contribution in [2.75, 3.05) is 6.61 Å². The standard InChI is InChI=1S/C17H21NO/c1-12-8-14-10-15(17(11-19)5-3-6-17)9-13-4-2-7-18(12)16(13)14/h8-10,19H,2-7,11H2,1H3. The van der Waals surface area contributed by atoms with Crippen molar-refractivity contribution in [1.29, 1.82) is 0 Å². The molecule has 0 radical (unpaired) electrons. The lowest BCUT2D eigenvalue weighted by atomic mass is 9.64. The highest BCUT2D eigenvalue weighted by Gasteiger charge is 2.38. The van der Waals surface area contributed by atoms with Crippen LogP contribution in [-0.2, 0) is 18.4 Å². The lowest BCUT2D eigenvalue weighted by Crippen LogP contribution is -2.38. The van der Waals surface area contributed by atoms with Crippen LogP contribution >= 0.6 is 0 Å². The number of benzene rings is 1. The van der Waals surface area contributed by atoms with Crippen LogP contribution in [0.25, 0.3) is 10.9 Å². The molecule has 0 amide bonds. The summed E-state index contributed by atoms with van der Waals surface area (Å²) < 4.78 is 2.46. The zero-order valence-electron chi connectivity index (χ0n) is 11.6. The quantitative estimate of drug-likeness (QED) is 0.875. The molecule has 2 heterocycles. The van der Waals surface area contributed by atoms with Crippen molar-refractivity contribution >= 4 is 10.9 Å². The van der Waals surface area contributed by atoms with Gasteiger partial charge in [-0.05, 0) is 55.9 Å². The second-order valence-corrected chi connectivity index (χ2v) is 6.41. The number of nitrogens with zero attached hydrogens (tertiary/aromatic N) is 1. The van der Waals surface area contributed by atoms with Crippen molar-refractivity contribution in [3.05, 3.63) is 35.0 Å². The Kier molecular flexibility index (Phi) is 2.34. The van der Waals surface area contributed by atoms with Crippen molar-refractivity contribution in [3.63, 3.8) is 0 Å². The van der Waals surface area contributed by atoms with E-state index in [0.717, 1.165) is 19.4 Å². The van der Waals surface area contributed by atoms with Crippen LogP contribution in [0.3, 0.4) is 0 Å². The molecule has 19 heavy (non-hydrogen) atoms. The van der Waals surface area contributed by atoms with Crippen LogP contribution in [0.1, 0.15) is 42.5 Å². The normalized spacial score (nSPS) is 20.5. The van der Waals surface area contributed by atoms with Crippen LogP contribution in [0.15, 0.2) is 18.2 Å². The van der Waals surface area contributed by atoms with Crippen LogP contribution < -0.4 is 0 Å². The summed E-state index contributed by atoms with van der Waals surface area (Å²) in [7, 11) is 0. The molecule has 1 aromatic carbocycles. The maximum Gasteiger partial charge on any atom is 0.0527 e. The van der Waals surface area contributed by atoms with E-state index >= 15 is 0 Å². The van der Waals surface area contributed by atoms with Crippen LogP contribution in [0.2, 0.25) is 0 Å². The molecule has 0 saturated heterocycles. The van der Waals surface area contributed by atoms with Gasteiger partial charge < -0.3 is 9.67 Å². The van der Waals surface area contributed by atoms with E-state index in [2.05, 4.69) is 29.7 Å². The molecule has 4 rings (SSSR count). The van der Waals surface area contributed by atoms with Crippen molar-refractivity contribution in [1.82, 2.24) is 4.57 Å². The Morgan fingerprint density at radius 3 is 2.74 bits per heavy atom. The number of rotatable bonds is 2. The fraction of sp³-hybridized carbons (Fsp3) is 0.529. The molecule has 0 spiro atoms. The lowest BCUT2D eigenvalue weighted by molar-refractivity contribution is 0.120. The van der Waals surface area contributed by atoms with E-state index in [9.17, 15) is 5.11 Å². The van der Waals surface area contributed by atoms with Gasteiger partial charge >= 0.3 is 0 Å². The van der Waals surface area contributed by atoms with E-state index in [0.29, 0.717) is 6.61 Å². The number of aliphatic hydroxyl groups excluding tert-OH is 1. The Balaban J connectivity index is 1.96. The number of aryl methyl sites for hydroxylation is 3. The molecule has 0 bridgehead atoms. The molecule has 100 valence electrons. The summed E-state index contributed by atoms with van der Waals surface area (Å²) in [4.78, 5) is 0.